The molecule has 0 saturated heterocycles. The summed E-state index contributed by atoms with van der Waals surface area (Å²) in [4.78, 5) is 35.4. The van der Waals surface area contributed by atoms with E-state index in [0.29, 0.717) is 11.3 Å². The third kappa shape index (κ3) is 6.77. The molecule has 7 nitrogen and oxygen atoms in total. The fourth-order valence-corrected chi connectivity index (χ4v) is 2.73. The fourth-order valence-electron chi connectivity index (χ4n) is 2.73. The Morgan fingerprint density at radius 2 is 1.73 bits per heavy atom. The van der Waals surface area contributed by atoms with Gasteiger partial charge in [-0.2, -0.15) is 0 Å². The van der Waals surface area contributed by atoms with Gasteiger partial charge >= 0.3 is 11.9 Å². The van der Waals surface area contributed by atoms with Gasteiger partial charge in [-0.3, -0.25) is 9.59 Å². The Labute approximate surface area is 175 Å². The normalized spacial score (nSPS) is 11.6. The van der Waals surface area contributed by atoms with E-state index in [1.165, 1.54) is 27.2 Å². The first-order valence-electron chi connectivity index (χ1n) is 9.30. The van der Waals surface area contributed by atoms with Gasteiger partial charge in [0, 0.05) is 13.0 Å². The van der Waals surface area contributed by atoms with Gasteiger partial charge in [-0.25, -0.2) is 4.79 Å². The van der Waals surface area contributed by atoms with Gasteiger partial charge < -0.3 is 19.5 Å². The third-order valence-corrected chi connectivity index (χ3v) is 4.25. The quantitative estimate of drug-likeness (QED) is 0.407. The van der Waals surface area contributed by atoms with Crippen LogP contribution in [0, 0.1) is 6.92 Å². The highest BCUT2D eigenvalue weighted by Crippen LogP contribution is 2.29. The molecule has 0 unspecified atom stereocenters. The molecule has 2 rings (SSSR count). The molecule has 0 aromatic heterocycles. The van der Waals surface area contributed by atoms with E-state index >= 15 is 0 Å². The Morgan fingerprint density at radius 1 is 1.03 bits per heavy atom. The van der Waals surface area contributed by atoms with Crippen LogP contribution in [0.1, 0.15) is 36.1 Å². The lowest BCUT2D eigenvalue weighted by Gasteiger charge is -2.18. The molecule has 1 N–H and O–H groups in total. The van der Waals surface area contributed by atoms with E-state index in [-0.39, 0.29) is 18.1 Å². The second-order valence-corrected chi connectivity index (χ2v) is 6.61. The molecule has 158 valence electrons. The molecular formula is C23H25NO6. The van der Waals surface area contributed by atoms with E-state index in [0.717, 1.165) is 11.1 Å². The van der Waals surface area contributed by atoms with Gasteiger partial charge in [0.1, 0.15) is 0 Å². The number of carbonyl (C=O) groups is 3. The molecule has 0 bridgehead atoms. The molecule has 0 aliphatic rings. The number of hydrogen-bond acceptors (Lipinski definition) is 6. The van der Waals surface area contributed by atoms with Gasteiger partial charge in [0.05, 0.1) is 26.7 Å². The molecule has 2 aromatic carbocycles. The first-order chi connectivity index (χ1) is 14.3. The first-order valence-corrected chi connectivity index (χ1v) is 9.30. The highest BCUT2D eigenvalue weighted by Gasteiger charge is 2.20. The van der Waals surface area contributed by atoms with Crippen LogP contribution in [0.5, 0.6) is 11.5 Å². The van der Waals surface area contributed by atoms with Gasteiger partial charge in [0.15, 0.2) is 11.5 Å². The summed E-state index contributed by atoms with van der Waals surface area (Å²) in [7, 11) is 2.74. The summed E-state index contributed by atoms with van der Waals surface area (Å²) < 4.78 is 15.3. The summed E-state index contributed by atoms with van der Waals surface area (Å²) in [6.07, 6.45) is 2.79. The molecule has 1 atom stereocenters. The average molecular weight is 411 g/mol. The lowest BCUT2D eigenvalue weighted by molar-refractivity contribution is -0.136. The lowest BCUT2D eigenvalue weighted by Crippen LogP contribution is -2.29. The summed E-state index contributed by atoms with van der Waals surface area (Å²) in [6, 6.07) is 11.9. The molecule has 0 saturated carbocycles. The average Bonchev–Trinajstić information content (AvgIpc) is 2.72. The van der Waals surface area contributed by atoms with Crippen molar-refractivity contribution in [3.63, 3.8) is 0 Å². The molecule has 1 amide bonds. The van der Waals surface area contributed by atoms with Crippen molar-refractivity contribution in [2.75, 3.05) is 14.2 Å². The van der Waals surface area contributed by atoms with Crippen LogP contribution in [0.4, 0.5) is 0 Å². The molecule has 7 heteroatoms. The summed E-state index contributed by atoms with van der Waals surface area (Å²) >= 11 is 0. The number of esters is 2. The molecule has 0 aliphatic carbocycles. The van der Waals surface area contributed by atoms with E-state index in [2.05, 4.69) is 10.1 Å². The molecular weight excluding hydrogens is 386 g/mol. The number of ether oxygens (including phenoxy) is 3. The van der Waals surface area contributed by atoms with Crippen molar-refractivity contribution in [1.82, 2.24) is 5.32 Å². The smallest absolute Gasteiger partial charge is 0.330 e. The number of carbonyl (C=O) groups excluding carboxylic acids is 3. The van der Waals surface area contributed by atoms with Gasteiger partial charge in [-0.05, 0) is 36.3 Å². The predicted molar refractivity (Wildman–Crippen MR) is 112 cm³/mol. The van der Waals surface area contributed by atoms with Crippen LogP contribution in [-0.2, 0) is 19.1 Å². The van der Waals surface area contributed by atoms with E-state index in [9.17, 15) is 14.4 Å². The SMILES string of the molecule is COC(=O)/C=C/c1ccc(OC(=O)C[C@@H](NC(C)=O)c2ccc(C)cc2)c(OC)c1. The lowest BCUT2D eigenvalue weighted by atomic mass is 10.0. The molecule has 2 aromatic rings. The van der Waals surface area contributed by atoms with Crippen LogP contribution in [0.2, 0.25) is 0 Å². The van der Waals surface area contributed by atoms with Crippen LogP contribution in [-0.4, -0.2) is 32.1 Å². The highest BCUT2D eigenvalue weighted by atomic mass is 16.6. The Kier molecular flexibility index (Phi) is 8.17. The van der Waals surface area contributed by atoms with Crippen LogP contribution >= 0.6 is 0 Å². The second-order valence-electron chi connectivity index (χ2n) is 6.61. The maximum absolute atomic E-state index is 12.5. The van der Waals surface area contributed by atoms with Crippen molar-refractivity contribution in [2.24, 2.45) is 0 Å². The van der Waals surface area contributed by atoms with Crippen LogP contribution in [0.3, 0.4) is 0 Å². The Morgan fingerprint density at radius 3 is 2.33 bits per heavy atom. The number of hydrogen-bond donors (Lipinski definition) is 1. The summed E-state index contributed by atoms with van der Waals surface area (Å²) in [5.41, 5.74) is 2.56. The standard InChI is InChI=1S/C23H25NO6/c1-15-5-9-18(10-6-15)19(24-16(2)25)14-23(27)30-20-11-7-17(13-21(20)28-3)8-12-22(26)29-4/h5-13,19H,14H2,1-4H3,(H,24,25)/b12-8+/t19-/m1/s1. The van der Waals surface area contributed by atoms with Crippen LogP contribution < -0.4 is 14.8 Å². The van der Waals surface area contributed by atoms with Crippen molar-refractivity contribution in [2.45, 2.75) is 26.3 Å². The van der Waals surface area contributed by atoms with E-state index in [1.807, 2.05) is 31.2 Å². The second kappa shape index (κ2) is 10.8. The predicted octanol–water partition coefficient (Wildman–Crippen LogP) is 3.36. The van der Waals surface area contributed by atoms with Crippen molar-refractivity contribution in [3.8, 4) is 11.5 Å². The Bertz CT molecular complexity index is 933. The minimum Gasteiger partial charge on any atom is -0.493 e. The molecule has 0 fully saturated rings. The van der Waals surface area contributed by atoms with Crippen LogP contribution in [0.15, 0.2) is 48.5 Å². The maximum Gasteiger partial charge on any atom is 0.330 e. The molecule has 0 spiro atoms. The minimum atomic E-state index is -0.523. The zero-order chi connectivity index (χ0) is 22.1. The van der Waals surface area contributed by atoms with Gasteiger partial charge in [-0.1, -0.05) is 35.9 Å². The molecule has 0 radical (unpaired) electrons. The van der Waals surface area contributed by atoms with Gasteiger partial charge in [-0.15, -0.1) is 0 Å². The number of rotatable bonds is 8. The number of benzene rings is 2. The zero-order valence-electron chi connectivity index (χ0n) is 17.4. The first kappa shape index (κ1) is 22.7. The van der Waals surface area contributed by atoms with Crippen molar-refractivity contribution >= 4 is 23.9 Å². The monoisotopic (exact) mass is 411 g/mol. The van der Waals surface area contributed by atoms with E-state index in [1.54, 1.807) is 24.3 Å². The largest absolute Gasteiger partial charge is 0.493 e. The Hall–Kier alpha value is -3.61. The fraction of sp³-hybridized carbons (Fsp3) is 0.261. The molecule has 0 heterocycles. The highest BCUT2D eigenvalue weighted by molar-refractivity contribution is 5.87. The van der Waals surface area contributed by atoms with Crippen LogP contribution in [0.25, 0.3) is 6.08 Å². The number of nitrogens with one attached hydrogen (secondary N) is 1. The number of aryl methyl sites for hydroxylation is 1. The maximum atomic E-state index is 12.5. The number of amides is 1. The van der Waals surface area contributed by atoms with Crippen molar-refractivity contribution in [3.05, 3.63) is 65.2 Å². The Balaban J connectivity index is 2.14. The van der Waals surface area contributed by atoms with E-state index < -0.39 is 18.0 Å². The molecule has 30 heavy (non-hydrogen) atoms. The van der Waals surface area contributed by atoms with E-state index in [4.69, 9.17) is 9.47 Å². The third-order valence-electron chi connectivity index (χ3n) is 4.25. The topological polar surface area (TPSA) is 90.9 Å². The van der Waals surface area contributed by atoms with Crippen molar-refractivity contribution in [1.29, 1.82) is 0 Å². The van der Waals surface area contributed by atoms with Gasteiger partial charge in [0.2, 0.25) is 5.91 Å². The van der Waals surface area contributed by atoms with Crippen molar-refractivity contribution < 1.29 is 28.6 Å². The summed E-state index contributed by atoms with van der Waals surface area (Å²) in [6.45, 7) is 3.36. The summed E-state index contributed by atoms with van der Waals surface area (Å²) in [5.74, 6) is -0.673. The molecule has 0 aliphatic heterocycles. The summed E-state index contributed by atoms with van der Waals surface area (Å²) in [5, 5.41) is 2.78. The zero-order valence-corrected chi connectivity index (χ0v) is 17.4. The van der Waals surface area contributed by atoms with Gasteiger partial charge in [0.25, 0.3) is 0 Å². The number of methoxy groups -OCH3 is 2. The minimum absolute atomic E-state index is 0.0458.